The molecule has 0 bridgehead atoms. The minimum Gasteiger partial charge on any atom is -0.430 e. The van der Waals surface area contributed by atoms with Gasteiger partial charge in [0.15, 0.2) is 0 Å². The summed E-state index contributed by atoms with van der Waals surface area (Å²) in [6.45, 7) is 3.64. The maximum absolute atomic E-state index is 11.5. The van der Waals surface area contributed by atoms with E-state index in [0.717, 1.165) is 24.8 Å². The van der Waals surface area contributed by atoms with E-state index in [1.54, 1.807) is 0 Å². The lowest BCUT2D eigenvalue weighted by Crippen LogP contribution is -2.07. The third kappa shape index (κ3) is 3.00. The van der Waals surface area contributed by atoms with Crippen molar-refractivity contribution in [2.24, 2.45) is 0 Å². The zero-order valence-corrected chi connectivity index (χ0v) is 10.2. The predicted molar refractivity (Wildman–Crippen MR) is 70.0 cm³/mol. The monoisotopic (exact) mass is 244 g/mol. The molecule has 0 N–H and O–H groups in total. The van der Waals surface area contributed by atoms with Crippen LogP contribution >= 0.6 is 0 Å². The molecular formula is C15H16O3. The molecule has 0 atom stereocenters. The van der Waals surface area contributed by atoms with E-state index < -0.39 is 6.16 Å². The Labute approximate surface area is 107 Å². The van der Waals surface area contributed by atoms with Gasteiger partial charge < -0.3 is 9.47 Å². The molecule has 0 heterocycles. The molecule has 0 spiro atoms. The van der Waals surface area contributed by atoms with Crippen LogP contribution in [-0.4, -0.2) is 12.8 Å². The highest BCUT2D eigenvalue weighted by Gasteiger charge is 2.15. The Morgan fingerprint density at radius 1 is 1.39 bits per heavy atom. The standard InChI is InChI=1S/C15H16O3/c1-2-11-17-15(16)18-14-10-6-4-8-12-7-3-5-9-13(12)14/h2-3,5,7,9-10H,1,4,6,8,11H2. The number of ether oxygens (including phenoxy) is 2. The fourth-order valence-corrected chi connectivity index (χ4v) is 1.96. The van der Waals surface area contributed by atoms with E-state index >= 15 is 0 Å². The zero-order chi connectivity index (χ0) is 12.8. The van der Waals surface area contributed by atoms with Gasteiger partial charge in [0.1, 0.15) is 12.4 Å². The smallest absolute Gasteiger partial charge is 0.430 e. The minimum atomic E-state index is -0.683. The Balaban J connectivity index is 2.14. The number of rotatable bonds is 3. The van der Waals surface area contributed by atoms with Crippen LogP contribution in [0.5, 0.6) is 0 Å². The Kier molecular flexibility index (Phi) is 4.18. The van der Waals surface area contributed by atoms with Crippen LogP contribution in [0, 0.1) is 0 Å². The molecule has 3 heteroatoms. The zero-order valence-electron chi connectivity index (χ0n) is 10.2. The summed E-state index contributed by atoms with van der Waals surface area (Å²) in [5.74, 6) is 0.595. The molecule has 0 saturated heterocycles. The molecule has 0 amide bonds. The van der Waals surface area contributed by atoms with Crippen molar-refractivity contribution in [3.63, 3.8) is 0 Å². The molecule has 0 unspecified atom stereocenters. The van der Waals surface area contributed by atoms with Gasteiger partial charge in [0.05, 0.1) is 0 Å². The lowest BCUT2D eigenvalue weighted by molar-refractivity contribution is 0.100. The molecular weight excluding hydrogens is 228 g/mol. The first-order valence-electron chi connectivity index (χ1n) is 6.05. The molecule has 2 rings (SSSR count). The molecule has 0 aromatic heterocycles. The van der Waals surface area contributed by atoms with Crippen LogP contribution in [0.1, 0.15) is 24.0 Å². The number of carbonyl (C=O) groups is 1. The first-order valence-corrected chi connectivity index (χ1v) is 6.05. The second-order valence-corrected chi connectivity index (χ2v) is 4.07. The summed E-state index contributed by atoms with van der Waals surface area (Å²) >= 11 is 0. The third-order valence-corrected chi connectivity index (χ3v) is 2.78. The van der Waals surface area contributed by atoms with Crippen molar-refractivity contribution in [1.82, 2.24) is 0 Å². The normalized spacial score (nSPS) is 13.9. The number of fused-ring (bicyclic) bond motifs is 1. The fourth-order valence-electron chi connectivity index (χ4n) is 1.96. The van der Waals surface area contributed by atoms with Gasteiger partial charge >= 0.3 is 6.16 Å². The van der Waals surface area contributed by atoms with Crippen molar-refractivity contribution in [2.45, 2.75) is 19.3 Å². The Morgan fingerprint density at radius 3 is 3.06 bits per heavy atom. The number of hydrogen-bond donors (Lipinski definition) is 0. The van der Waals surface area contributed by atoms with Crippen LogP contribution in [0.25, 0.3) is 5.76 Å². The number of benzene rings is 1. The number of aryl methyl sites for hydroxylation is 1. The van der Waals surface area contributed by atoms with Crippen molar-refractivity contribution >= 4 is 11.9 Å². The molecule has 94 valence electrons. The fraction of sp³-hybridized carbons (Fsp3) is 0.267. The number of carbonyl (C=O) groups excluding carboxylic acids is 1. The molecule has 0 fully saturated rings. The van der Waals surface area contributed by atoms with Gasteiger partial charge in [0.25, 0.3) is 0 Å². The van der Waals surface area contributed by atoms with E-state index in [0.29, 0.717) is 5.76 Å². The summed E-state index contributed by atoms with van der Waals surface area (Å²) in [7, 11) is 0. The third-order valence-electron chi connectivity index (χ3n) is 2.78. The largest absolute Gasteiger partial charge is 0.514 e. The highest BCUT2D eigenvalue weighted by Crippen LogP contribution is 2.26. The SMILES string of the molecule is C=CCOC(=O)OC1=CCCCc2ccccc21. The number of allylic oxidation sites excluding steroid dienone is 1. The molecule has 0 aliphatic heterocycles. The highest BCUT2D eigenvalue weighted by molar-refractivity contribution is 5.74. The van der Waals surface area contributed by atoms with Gasteiger partial charge in [0, 0.05) is 5.56 Å². The van der Waals surface area contributed by atoms with Crippen LogP contribution in [0.3, 0.4) is 0 Å². The van der Waals surface area contributed by atoms with E-state index in [-0.39, 0.29) is 6.61 Å². The van der Waals surface area contributed by atoms with Crippen LogP contribution < -0.4 is 0 Å². The van der Waals surface area contributed by atoms with Gasteiger partial charge in [-0.2, -0.15) is 0 Å². The van der Waals surface area contributed by atoms with Gasteiger partial charge in [-0.25, -0.2) is 4.79 Å². The van der Waals surface area contributed by atoms with Gasteiger partial charge in [-0.1, -0.05) is 36.9 Å². The predicted octanol–water partition coefficient (Wildman–Crippen LogP) is 3.70. The van der Waals surface area contributed by atoms with Crippen molar-refractivity contribution in [3.05, 3.63) is 54.1 Å². The summed E-state index contributed by atoms with van der Waals surface area (Å²) in [5, 5.41) is 0. The van der Waals surface area contributed by atoms with E-state index in [1.807, 2.05) is 24.3 Å². The van der Waals surface area contributed by atoms with Gasteiger partial charge in [-0.05, 0) is 30.9 Å². The average Bonchev–Trinajstić information content (AvgIpc) is 2.59. The van der Waals surface area contributed by atoms with E-state index in [4.69, 9.17) is 9.47 Å². The summed E-state index contributed by atoms with van der Waals surface area (Å²) in [6.07, 6.45) is 5.74. The molecule has 18 heavy (non-hydrogen) atoms. The van der Waals surface area contributed by atoms with Gasteiger partial charge in [-0.3, -0.25) is 0 Å². The summed E-state index contributed by atoms with van der Waals surface area (Å²) in [4.78, 5) is 11.5. The Hall–Kier alpha value is -2.03. The maximum Gasteiger partial charge on any atom is 0.514 e. The maximum atomic E-state index is 11.5. The van der Waals surface area contributed by atoms with Gasteiger partial charge in [0.2, 0.25) is 0 Å². The average molecular weight is 244 g/mol. The van der Waals surface area contributed by atoms with Gasteiger partial charge in [-0.15, -0.1) is 0 Å². The van der Waals surface area contributed by atoms with Crippen molar-refractivity contribution in [3.8, 4) is 0 Å². The van der Waals surface area contributed by atoms with E-state index in [2.05, 4.69) is 12.6 Å². The summed E-state index contributed by atoms with van der Waals surface area (Å²) < 4.78 is 10.1. The molecule has 1 aliphatic carbocycles. The molecule has 1 aliphatic rings. The van der Waals surface area contributed by atoms with E-state index in [1.165, 1.54) is 11.6 Å². The highest BCUT2D eigenvalue weighted by atomic mass is 16.7. The van der Waals surface area contributed by atoms with Crippen LogP contribution in [-0.2, 0) is 15.9 Å². The first kappa shape index (κ1) is 12.4. The minimum absolute atomic E-state index is 0.160. The summed E-state index contributed by atoms with van der Waals surface area (Å²) in [6, 6.07) is 7.97. The molecule has 1 aromatic carbocycles. The molecule has 3 nitrogen and oxygen atoms in total. The Morgan fingerprint density at radius 2 is 2.22 bits per heavy atom. The molecule has 0 saturated carbocycles. The van der Waals surface area contributed by atoms with Crippen LogP contribution in [0.15, 0.2) is 43.0 Å². The van der Waals surface area contributed by atoms with Crippen LogP contribution in [0.2, 0.25) is 0 Å². The number of hydrogen-bond acceptors (Lipinski definition) is 3. The second-order valence-electron chi connectivity index (χ2n) is 4.07. The lowest BCUT2D eigenvalue weighted by atomic mass is 10.0. The van der Waals surface area contributed by atoms with Crippen molar-refractivity contribution in [1.29, 1.82) is 0 Å². The second kappa shape index (κ2) is 6.05. The van der Waals surface area contributed by atoms with Crippen molar-refractivity contribution in [2.75, 3.05) is 6.61 Å². The van der Waals surface area contributed by atoms with E-state index in [9.17, 15) is 4.79 Å². The summed E-state index contributed by atoms with van der Waals surface area (Å²) in [5.41, 5.74) is 2.18. The molecule has 1 aromatic rings. The topological polar surface area (TPSA) is 35.5 Å². The Bertz CT molecular complexity index is 474. The lowest BCUT2D eigenvalue weighted by Gasteiger charge is -2.10. The quantitative estimate of drug-likeness (QED) is 0.600. The first-order chi connectivity index (χ1) is 8.81. The van der Waals surface area contributed by atoms with Crippen LogP contribution in [0.4, 0.5) is 4.79 Å². The van der Waals surface area contributed by atoms with Crippen molar-refractivity contribution < 1.29 is 14.3 Å². The molecule has 0 radical (unpaired) electrons.